The molecular weight excluding hydrogens is 256 g/mol. The highest BCUT2D eigenvalue weighted by Crippen LogP contribution is 2.28. The molecule has 1 aromatic heterocycles. The Labute approximate surface area is 125 Å². The Kier molecular flexibility index (Phi) is 4.27. The smallest absolute Gasteiger partial charge is 0.0346 e. The third-order valence-electron chi connectivity index (χ3n) is 3.70. The van der Waals surface area contributed by atoms with Crippen molar-refractivity contribution in [3.8, 4) is 11.1 Å². The minimum atomic E-state index is 0.938. The average molecular weight is 276 g/mol. The Hall–Kier alpha value is -2.19. The lowest BCUT2D eigenvalue weighted by Gasteiger charge is -2.08. The number of nitrogens with one attached hydrogen (secondary N) is 1. The quantitative estimate of drug-likeness (QED) is 0.699. The van der Waals surface area contributed by atoms with Crippen LogP contribution < -0.4 is 5.32 Å². The molecule has 3 rings (SSSR count). The molecule has 2 heteroatoms. The Bertz CT molecular complexity index is 712. The second kappa shape index (κ2) is 6.51. The van der Waals surface area contributed by atoms with Gasteiger partial charge in [-0.05, 0) is 41.1 Å². The molecule has 1 N–H and O–H groups in total. The van der Waals surface area contributed by atoms with Gasteiger partial charge in [-0.3, -0.25) is 4.98 Å². The molecule has 3 aromatic rings. The average Bonchev–Trinajstić information content (AvgIpc) is 2.55. The van der Waals surface area contributed by atoms with E-state index in [-0.39, 0.29) is 0 Å². The van der Waals surface area contributed by atoms with Crippen LogP contribution in [0.15, 0.2) is 60.9 Å². The number of hydrogen-bond acceptors (Lipinski definition) is 2. The molecule has 0 unspecified atom stereocenters. The molecule has 21 heavy (non-hydrogen) atoms. The summed E-state index contributed by atoms with van der Waals surface area (Å²) in [6.07, 6.45) is 4.94. The van der Waals surface area contributed by atoms with Crippen LogP contribution >= 0.6 is 0 Å². The van der Waals surface area contributed by atoms with Crippen LogP contribution in [0, 0.1) is 0 Å². The van der Waals surface area contributed by atoms with E-state index < -0.39 is 0 Å². The molecule has 0 spiro atoms. The lowest BCUT2D eigenvalue weighted by atomic mass is 9.98. The normalized spacial score (nSPS) is 10.9. The van der Waals surface area contributed by atoms with Crippen molar-refractivity contribution in [3.05, 3.63) is 66.5 Å². The van der Waals surface area contributed by atoms with Gasteiger partial charge >= 0.3 is 0 Å². The SMILES string of the molecule is CCCNCc1ccc(-c2cccc3cnccc23)cc1. The van der Waals surface area contributed by atoms with Gasteiger partial charge in [0.05, 0.1) is 0 Å². The van der Waals surface area contributed by atoms with Gasteiger partial charge < -0.3 is 5.32 Å². The first-order valence-corrected chi connectivity index (χ1v) is 7.51. The molecule has 0 atom stereocenters. The minimum absolute atomic E-state index is 0.938. The van der Waals surface area contributed by atoms with E-state index in [2.05, 4.69) is 65.8 Å². The molecule has 0 saturated heterocycles. The van der Waals surface area contributed by atoms with Gasteiger partial charge in [-0.15, -0.1) is 0 Å². The Balaban J connectivity index is 1.89. The molecule has 2 aromatic carbocycles. The van der Waals surface area contributed by atoms with E-state index in [1.807, 2.05) is 12.4 Å². The summed E-state index contributed by atoms with van der Waals surface area (Å²) < 4.78 is 0. The van der Waals surface area contributed by atoms with Crippen molar-refractivity contribution in [1.82, 2.24) is 10.3 Å². The van der Waals surface area contributed by atoms with Crippen molar-refractivity contribution >= 4 is 10.8 Å². The van der Waals surface area contributed by atoms with E-state index in [0.29, 0.717) is 0 Å². The molecule has 1 heterocycles. The van der Waals surface area contributed by atoms with Crippen molar-refractivity contribution in [2.75, 3.05) is 6.54 Å². The molecule has 0 aliphatic carbocycles. The van der Waals surface area contributed by atoms with E-state index in [4.69, 9.17) is 0 Å². The highest BCUT2D eigenvalue weighted by atomic mass is 14.8. The van der Waals surface area contributed by atoms with E-state index in [1.165, 1.54) is 33.9 Å². The summed E-state index contributed by atoms with van der Waals surface area (Å²) in [5.74, 6) is 0. The van der Waals surface area contributed by atoms with E-state index >= 15 is 0 Å². The molecule has 106 valence electrons. The zero-order valence-corrected chi connectivity index (χ0v) is 12.3. The van der Waals surface area contributed by atoms with Crippen molar-refractivity contribution < 1.29 is 0 Å². The summed E-state index contributed by atoms with van der Waals surface area (Å²) in [6.45, 7) is 4.19. The number of pyridine rings is 1. The number of nitrogens with zero attached hydrogens (tertiary/aromatic N) is 1. The lowest BCUT2D eigenvalue weighted by Crippen LogP contribution is -2.13. The summed E-state index contributed by atoms with van der Waals surface area (Å²) in [6, 6.07) is 17.3. The fourth-order valence-electron chi connectivity index (χ4n) is 2.59. The maximum absolute atomic E-state index is 4.20. The van der Waals surface area contributed by atoms with Gasteiger partial charge in [0.2, 0.25) is 0 Å². The van der Waals surface area contributed by atoms with Crippen molar-refractivity contribution in [2.24, 2.45) is 0 Å². The Morgan fingerprint density at radius 1 is 1.00 bits per heavy atom. The van der Waals surface area contributed by atoms with Crippen LogP contribution in [0.4, 0.5) is 0 Å². The van der Waals surface area contributed by atoms with E-state index in [1.54, 1.807) is 0 Å². The van der Waals surface area contributed by atoms with Gasteiger partial charge in [0.25, 0.3) is 0 Å². The van der Waals surface area contributed by atoms with E-state index in [9.17, 15) is 0 Å². The predicted molar refractivity (Wildman–Crippen MR) is 89.2 cm³/mol. The molecule has 0 amide bonds. The zero-order chi connectivity index (χ0) is 14.5. The molecule has 0 aliphatic rings. The van der Waals surface area contributed by atoms with Crippen LogP contribution in [0.1, 0.15) is 18.9 Å². The molecule has 0 saturated carbocycles. The van der Waals surface area contributed by atoms with Gasteiger partial charge in [-0.25, -0.2) is 0 Å². The third kappa shape index (κ3) is 3.11. The Morgan fingerprint density at radius 2 is 1.86 bits per heavy atom. The summed E-state index contributed by atoms with van der Waals surface area (Å²) in [5.41, 5.74) is 3.85. The number of aromatic nitrogens is 1. The molecular formula is C19H20N2. The van der Waals surface area contributed by atoms with Crippen LogP contribution in [-0.4, -0.2) is 11.5 Å². The molecule has 2 nitrogen and oxygen atoms in total. The largest absolute Gasteiger partial charge is 0.313 e. The van der Waals surface area contributed by atoms with Gasteiger partial charge in [0, 0.05) is 24.3 Å². The highest BCUT2D eigenvalue weighted by molar-refractivity contribution is 5.96. The van der Waals surface area contributed by atoms with Crippen LogP contribution in [0.2, 0.25) is 0 Å². The van der Waals surface area contributed by atoms with Crippen LogP contribution in [0.5, 0.6) is 0 Å². The summed E-state index contributed by atoms with van der Waals surface area (Å²) in [4.78, 5) is 4.20. The molecule has 0 radical (unpaired) electrons. The number of hydrogen-bond donors (Lipinski definition) is 1. The first-order valence-electron chi connectivity index (χ1n) is 7.51. The van der Waals surface area contributed by atoms with E-state index in [0.717, 1.165) is 13.1 Å². The van der Waals surface area contributed by atoms with Gasteiger partial charge in [-0.1, -0.05) is 49.4 Å². The second-order valence-corrected chi connectivity index (χ2v) is 5.28. The monoisotopic (exact) mass is 276 g/mol. The van der Waals surface area contributed by atoms with Crippen molar-refractivity contribution in [2.45, 2.75) is 19.9 Å². The Morgan fingerprint density at radius 3 is 2.67 bits per heavy atom. The standard InChI is InChI=1S/C19H20N2/c1-2-11-20-13-15-6-8-16(9-7-15)18-5-3-4-17-14-21-12-10-19(17)18/h3-10,12,14,20H,2,11,13H2,1H3. The second-order valence-electron chi connectivity index (χ2n) is 5.28. The van der Waals surface area contributed by atoms with Crippen molar-refractivity contribution in [3.63, 3.8) is 0 Å². The summed E-state index contributed by atoms with van der Waals surface area (Å²) in [5, 5.41) is 5.87. The zero-order valence-electron chi connectivity index (χ0n) is 12.3. The van der Waals surface area contributed by atoms with Gasteiger partial charge in [0.15, 0.2) is 0 Å². The minimum Gasteiger partial charge on any atom is -0.313 e. The first kappa shape index (κ1) is 13.8. The topological polar surface area (TPSA) is 24.9 Å². The lowest BCUT2D eigenvalue weighted by molar-refractivity contribution is 0.675. The maximum Gasteiger partial charge on any atom is 0.0346 e. The molecule has 0 bridgehead atoms. The predicted octanol–water partition coefficient (Wildman–Crippen LogP) is 4.40. The molecule has 0 fully saturated rings. The fourth-order valence-corrected chi connectivity index (χ4v) is 2.59. The van der Waals surface area contributed by atoms with Crippen LogP contribution in [0.25, 0.3) is 21.9 Å². The number of benzene rings is 2. The van der Waals surface area contributed by atoms with Gasteiger partial charge in [0.1, 0.15) is 0 Å². The first-order chi connectivity index (χ1) is 10.4. The third-order valence-corrected chi connectivity index (χ3v) is 3.70. The number of rotatable bonds is 5. The van der Waals surface area contributed by atoms with Crippen LogP contribution in [0.3, 0.4) is 0 Å². The highest BCUT2D eigenvalue weighted by Gasteiger charge is 2.03. The van der Waals surface area contributed by atoms with Crippen LogP contribution in [-0.2, 0) is 6.54 Å². The van der Waals surface area contributed by atoms with Crippen molar-refractivity contribution in [1.29, 1.82) is 0 Å². The number of fused-ring (bicyclic) bond motifs is 1. The fraction of sp³-hybridized carbons (Fsp3) is 0.211. The summed E-state index contributed by atoms with van der Waals surface area (Å²) in [7, 11) is 0. The van der Waals surface area contributed by atoms with Gasteiger partial charge in [-0.2, -0.15) is 0 Å². The molecule has 0 aliphatic heterocycles. The maximum atomic E-state index is 4.20. The summed E-state index contributed by atoms with van der Waals surface area (Å²) >= 11 is 0.